The molecule has 31 heavy (non-hydrogen) atoms. The Labute approximate surface area is 183 Å². The lowest BCUT2D eigenvalue weighted by Crippen LogP contribution is -2.49. The van der Waals surface area contributed by atoms with E-state index >= 15 is 0 Å². The average Bonchev–Trinajstić information content (AvgIpc) is 3.35. The Morgan fingerprint density at radius 3 is 2.32 bits per heavy atom. The molecule has 3 heterocycles. The molecule has 0 aromatic heterocycles. The summed E-state index contributed by atoms with van der Waals surface area (Å²) < 4.78 is 5.09. The smallest absolute Gasteiger partial charge is 0.409 e. The Bertz CT molecular complexity index is 925. The Hall–Kier alpha value is -2.83. The van der Waals surface area contributed by atoms with Crippen molar-refractivity contribution in [2.75, 3.05) is 32.8 Å². The van der Waals surface area contributed by atoms with Gasteiger partial charge in [-0.1, -0.05) is 23.8 Å². The van der Waals surface area contributed by atoms with Crippen LogP contribution >= 0.6 is 0 Å². The van der Waals surface area contributed by atoms with Gasteiger partial charge in [0.25, 0.3) is 11.8 Å². The second-order valence-corrected chi connectivity index (χ2v) is 8.63. The summed E-state index contributed by atoms with van der Waals surface area (Å²) in [5.41, 5.74) is 4.08. The molecule has 0 saturated carbocycles. The normalized spacial score (nSPS) is 20.3. The van der Waals surface area contributed by atoms with Crippen molar-refractivity contribution >= 4 is 23.5 Å². The molecule has 0 unspecified atom stereocenters. The number of carbonyl (C=O) groups excluding carboxylic acids is 3. The highest BCUT2D eigenvalue weighted by molar-refractivity contribution is 6.36. The van der Waals surface area contributed by atoms with Crippen molar-refractivity contribution in [1.29, 1.82) is 0 Å². The van der Waals surface area contributed by atoms with Gasteiger partial charge in [-0.2, -0.15) is 0 Å². The van der Waals surface area contributed by atoms with E-state index < -0.39 is 0 Å². The maximum absolute atomic E-state index is 13.7. The van der Waals surface area contributed by atoms with Crippen molar-refractivity contribution < 1.29 is 19.1 Å². The number of carbonyl (C=O) groups is 3. The summed E-state index contributed by atoms with van der Waals surface area (Å²) >= 11 is 0. The largest absolute Gasteiger partial charge is 0.450 e. The van der Waals surface area contributed by atoms with Crippen molar-refractivity contribution in [1.82, 2.24) is 14.7 Å². The predicted octanol–water partition coefficient (Wildman–Crippen LogP) is 3.10. The van der Waals surface area contributed by atoms with E-state index in [2.05, 4.69) is 11.0 Å². The highest BCUT2D eigenvalue weighted by atomic mass is 16.6. The van der Waals surface area contributed by atoms with Crippen LogP contribution in [-0.4, -0.2) is 71.4 Å². The number of hydrogen-bond donors (Lipinski definition) is 0. The topological polar surface area (TPSA) is 70.2 Å². The van der Waals surface area contributed by atoms with Crippen molar-refractivity contribution in [2.24, 2.45) is 0 Å². The molecule has 0 radical (unpaired) electrons. The molecular weight excluding hydrogens is 394 g/mol. The number of rotatable bonds is 4. The number of piperidine rings is 1. The first-order valence-electron chi connectivity index (χ1n) is 11.3. The lowest BCUT2D eigenvalue weighted by Gasteiger charge is -2.35. The molecule has 166 valence electrons. The average molecular weight is 426 g/mol. The van der Waals surface area contributed by atoms with Crippen LogP contribution in [0.5, 0.6) is 0 Å². The minimum Gasteiger partial charge on any atom is -0.450 e. The first-order valence-corrected chi connectivity index (χ1v) is 11.3. The van der Waals surface area contributed by atoms with Gasteiger partial charge in [0.15, 0.2) is 0 Å². The Morgan fingerprint density at radius 1 is 1.03 bits per heavy atom. The van der Waals surface area contributed by atoms with Crippen LogP contribution in [0.15, 0.2) is 23.9 Å². The molecule has 0 N–H and O–H groups in total. The molecule has 3 aliphatic heterocycles. The van der Waals surface area contributed by atoms with Crippen molar-refractivity contribution in [3.8, 4) is 0 Å². The van der Waals surface area contributed by atoms with Crippen molar-refractivity contribution in [3.05, 3.63) is 40.6 Å². The highest BCUT2D eigenvalue weighted by Gasteiger charge is 2.46. The predicted molar refractivity (Wildman–Crippen MR) is 117 cm³/mol. The van der Waals surface area contributed by atoms with Gasteiger partial charge in [0.05, 0.1) is 12.2 Å². The van der Waals surface area contributed by atoms with E-state index in [0.29, 0.717) is 43.8 Å². The van der Waals surface area contributed by atoms with Gasteiger partial charge in [0.2, 0.25) is 0 Å². The zero-order chi connectivity index (χ0) is 22.1. The number of imide groups is 1. The van der Waals surface area contributed by atoms with Gasteiger partial charge >= 0.3 is 6.09 Å². The number of amides is 3. The van der Waals surface area contributed by atoms with E-state index in [1.54, 1.807) is 11.8 Å². The monoisotopic (exact) mass is 425 g/mol. The van der Waals surface area contributed by atoms with Crippen molar-refractivity contribution in [2.45, 2.75) is 52.5 Å². The van der Waals surface area contributed by atoms with E-state index in [-0.39, 0.29) is 23.9 Å². The summed E-state index contributed by atoms with van der Waals surface area (Å²) in [5.74, 6) is -0.384. The Balaban J connectivity index is 1.62. The summed E-state index contributed by atoms with van der Waals surface area (Å²) in [7, 11) is 0. The molecular formula is C24H31N3O4. The van der Waals surface area contributed by atoms with Crippen LogP contribution in [0.3, 0.4) is 0 Å². The second kappa shape index (κ2) is 8.73. The molecule has 3 aliphatic rings. The molecule has 7 heteroatoms. The van der Waals surface area contributed by atoms with E-state index in [4.69, 9.17) is 4.74 Å². The van der Waals surface area contributed by atoms with Crippen LogP contribution in [0.25, 0.3) is 5.57 Å². The number of hydrogen-bond acceptors (Lipinski definition) is 5. The van der Waals surface area contributed by atoms with Gasteiger partial charge in [0, 0.05) is 32.2 Å². The SMILES string of the molecule is CCOC(=O)N1CCC(N2C(=O)C(c3ccc(C)cc3C)=C(N3CCCC3)C2=O)CC1. The molecule has 2 fully saturated rings. The second-order valence-electron chi connectivity index (χ2n) is 8.63. The first-order chi connectivity index (χ1) is 14.9. The number of aryl methyl sites for hydroxylation is 2. The first kappa shape index (κ1) is 21.4. The van der Waals surface area contributed by atoms with Gasteiger partial charge in [-0.3, -0.25) is 14.5 Å². The number of nitrogens with zero attached hydrogens (tertiary/aromatic N) is 3. The van der Waals surface area contributed by atoms with Gasteiger partial charge in [-0.25, -0.2) is 4.79 Å². The van der Waals surface area contributed by atoms with Gasteiger partial charge < -0.3 is 14.5 Å². The molecule has 0 aliphatic carbocycles. The maximum atomic E-state index is 13.7. The van der Waals surface area contributed by atoms with Crippen LogP contribution in [0, 0.1) is 13.8 Å². The van der Waals surface area contributed by atoms with E-state index in [1.807, 2.05) is 26.0 Å². The third-order valence-corrected chi connectivity index (χ3v) is 6.52. The lowest BCUT2D eigenvalue weighted by atomic mass is 9.97. The summed E-state index contributed by atoms with van der Waals surface area (Å²) in [4.78, 5) is 44.5. The molecule has 4 rings (SSSR count). The quantitative estimate of drug-likeness (QED) is 0.694. The summed E-state index contributed by atoms with van der Waals surface area (Å²) in [6, 6.07) is 5.82. The highest BCUT2D eigenvalue weighted by Crippen LogP contribution is 2.37. The fraction of sp³-hybridized carbons (Fsp3) is 0.542. The summed E-state index contributed by atoms with van der Waals surface area (Å²) in [6.07, 6.45) is 2.88. The van der Waals surface area contributed by atoms with Crippen LogP contribution in [0.1, 0.15) is 49.3 Å². The number of likely N-dealkylation sites (tertiary alicyclic amines) is 2. The summed E-state index contributed by atoms with van der Waals surface area (Å²) in [5, 5.41) is 0. The fourth-order valence-electron chi connectivity index (χ4n) is 4.96. The minimum atomic E-state index is -0.327. The van der Waals surface area contributed by atoms with Gasteiger partial charge in [0.1, 0.15) is 5.70 Å². The third kappa shape index (κ3) is 3.93. The van der Waals surface area contributed by atoms with E-state index in [1.165, 1.54) is 4.90 Å². The summed E-state index contributed by atoms with van der Waals surface area (Å²) in [6.45, 7) is 8.72. The zero-order valence-electron chi connectivity index (χ0n) is 18.6. The van der Waals surface area contributed by atoms with Gasteiger partial charge in [-0.05, 0) is 57.6 Å². The Kier molecular flexibility index (Phi) is 6.03. The van der Waals surface area contributed by atoms with Crippen LogP contribution in [0.2, 0.25) is 0 Å². The van der Waals surface area contributed by atoms with E-state index in [9.17, 15) is 14.4 Å². The molecule has 7 nitrogen and oxygen atoms in total. The van der Waals surface area contributed by atoms with Crippen molar-refractivity contribution in [3.63, 3.8) is 0 Å². The number of benzene rings is 1. The van der Waals surface area contributed by atoms with Crippen LogP contribution in [0.4, 0.5) is 4.79 Å². The number of ether oxygens (including phenoxy) is 1. The Morgan fingerprint density at radius 2 is 1.71 bits per heavy atom. The maximum Gasteiger partial charge on any atom is 0.409 e. The molecule has 0 atom stereocenters. The third-order valence-electron chi connectivity index (χ3n) is 6.52. The molecule has 1 aromatic carbocycles. The molecule has 2 saturated heterocycles. The zero-order valence-corrected chi connectivity index (χ0v) is 18.6. The molecule has 1 aromatic rings. The van der Waals surface area contributed by atoms with E-state index in [0.717, 1.165) is 42.6 Å². The van der Waals surface area contributed by atoms with Gasteiger partial charge in [-0.15, -0.1) is 0 Å². The minimum absolute atomic E-state index is 0.184. The fourth-order valence-corrected chi connectivity index (χ4v) is 4.96. The standard InChI is InChI=1S/C24H31N3O4/c1-4-31-24(30)26-13-9-18(10-14-26)27-22(28)20(19-8-7-16(2)15-17(19)3)21(23(27)29)25-11-5-6-12-25/h7-8,15,18H,4-6,9-14H2,1-3H3. The van der Waals surface area contributed by atoms with Crippen LogP contribution < -0.4 is 0 Å². The molecule has 0 spiro atoms. The molecule has 3 amide bonds. The molecule has 0 bridgehead atoms. The lowest BCUT2D eigenvalue weighted by molar-refractivity contribution is -0.141. The van der Waals surface area contributed by atoms with Crippen LogP contribution in [-0.2, 0) is 14.3 Å².